The number of hydrogen-bond donors (Lipinski definition) is 1. The molecule has 1 aliphatic carbocycles. The van der Waals surface area contributed by atoms with E-state index in [0.29, 0.717) is 0 Å². The number of H-pyrrole nitrogens is 1. The highest BCUT2D eigenvalue weighted by atomic mass is 14.9. The van der Waals surface area contributed by atoms with Crippen molar-refractivity contribution in [1.29, 1.82) is 0 Å². The Morgan fingerprint density at radius 1 is 1.25 bits per heavy atom. The van der Waals surface area contributed by atoms with Crippen LogP contribution in [-0.4, -0.2) is 15.0 Å². The molecule has 1 aliphatic rings. The summed E-state index contributed by atoms with van der Waals surface area (Å²) in [5.41, 5.74) is 4.16. The fourth-order valence-electron chi connectivity index (χ4n) is 2.53. The molecular formula is C13H15N3. The topological polar surface area (TPSA) is 41.6 Å². The SMILES string of the molecule is c1cc2c(cn1)CCC(Cc1cnc[nH]1)C2. The molecule has 0 spiro atoms. The summed E-state index contributed by atoms with van der Waals surface area (Å²) >= 11 is 0. The number of aryl methyl sites for hydroxylation is 1. The number of hydrogen-bond acceptors (Lipinski definition) is 2. The lowest BCUT2D eigenvalue weighted by atomic mass is 9.82. The largest absolute Gasteiger partial charge is 0.348 e. The third-order valence-electron chi connectivity index (χ3n) is 3.40. The average molecular weight is 213 g/mol. The summed E-state index contributed by atoms with van der Waals surface area (Å²) in [5, 5.41) is 0. The van der Waals surface area contributed by atoms with Crippen molar-refractivity contribution in [1.82, 2.24) is 15.0 Å². The maximum Gasteiger partial charge on any atom is 0.0921 e. The monoisotopic (exact) mass is 213 g/mol. The lowest BCUT2D eigenvalue weighted by Crippen LogP contribution is -2.16. The Kier molecular flexibility index (Phi) is 2.44. The molecule has 3 heteroatoms. The van der Waals surface area contributed by atoms with E-state index < -0.39 is 0 Å². The van der Waals surface area contributed by atoms with Crippen molar-refractivity contribution in [3.63, 3.8) is 0 Å². The van der Waals surface area contributed by atoms with Gasteiger partial charge in [0.25, 0.3) is 0 Å². The molecule has 3 rings (SSSR count). The van der Waals surface area contributed by atoms with E-state index in [-0.39, 0.29) is 0 Å². The molecule has 16 heavy (non-hydrogen) atoms. The third-order valence-corrected chi connectivity index (χ3v) is 3.40. The second kappa shape index (κ2) is 4.08. The first-order valence-corrected chi connectivity index (χ1v) is 5.81. The molecule has 0 saturated carbocycles. The van der Waals surface area contributed by atoms with E-state index in [1.54, 1.807) is 6.33 Å². The van der Waals surface area contributed by atoms with Crippen LogP contribution in [0.5, 0.6) is 0 Å². The Bertz CT molecular complexity index is 462. The molecule has 0 radical (unpaired) electrons. The highest BCUT2D eigenvalue weighted by molar-refractivity contribution is 5.26. The van der Waals surface area contributed by atoms with Crippen LogP contribution in [0.1, 0.15) is 23.2 Å². The zero-order valence-electron chi connectivity index (χ0n) is 9.19. The van der Waals surface area contributed by atoms with Gasteiger partial charge in [-0.25, -0.2) is 4.98 Å². The minimum atomic E-state index is 0.746. The van der Waals surface area contributed by atoms with Crippen molar-refractivity contribution in [2.45, 2.75) is 25.7 Å². The minimum absolute atomic E-state index is 0.746. The summed E-state index contributed by atoms with van der Waals surface area (Å²) in [6.07, 6.45) is 12.3. The number of fused-ring (bicyclic) bond motifs is 1. The molecule has 2 aromatic rings. The highest BCUT2D eigenvalue weighted by Gasteiger charge is 2.19. The van der Waals surface area contributed by atoms with Gasteiger partial charge in [0.2, 0.25) is 0 Å². The Balaban J connectivity index is 1.73. The van der Waals surface area contributed by atoms with Crippen molar-refractivity contribution >= 4 is 0 Å². The van der Waals surface area contributed by atoms with Crippen molar-refractivity contribution < 1.29 is 0 Å². The molecule has 0 fully saturated rings. The van der Waals surface area contributed by atoms with Crippen molar-refractivity contribution in [3.05, 3.63) is 47.8 Å². The lowest BCUT2D eigenvalue weighted by Gasteiger charge is -2.23. The van der Waals surface area contributed by atoms with Crippen LogP contribution in [0.2, 0.25) is 0 Å². The predicted molar refractivity (Wildman–Crippen MR) is 62.0 cm³/mol. The molecule has 1 atom stereocenters. The van der Waals surface area contributed by atoms with Crippen LogP contribution >= 0.6 is 0 Å². The molecule has 2 aromatic heterocycles. The lowest BCUT2D eigenvalue weighted by molar-refractivity contribution is 0.451. The average Bonchev–Trinajstić information content (AvgIpc) is 2.82. The highest BCUT2D eigenvalue weighted by Crippen LogP contribution is 2.26. The quantitative estimate of drug-likeness (QED) is 0.830. The number of nitrogens with zero attached hydrogens (tertiary/aromatic N) is 2. The molecule has 0 aromatic carbocycles. The molecule has 0 bridgehead atoms. The van der Waals surface area contributed by atoms with E-state index in [0.717, 1.165) is 12.3 Å². The molecular weight excluding hydrogens is 198 g/mol. The number of imidazole rings is 1. The normalized spacial score (nSPS) is 19.4. The summed E-state index contributed by atoms with van der Waals surface area (Å²) in [6, 6.07) is 2.16. The Hall–Kier alpha value is -1.64. The van der Waals surface area contributed by atoms with Crippen LogP contribution in [0.4, 0.5) is 0 Å². The summed E-state index contributed by atoms with van der Waals surface area (Å²) in [4.78, 5) is 11.4. The zero-order chi connectivity index (χ0) is 10.8. The number of aromatic amines is 1. The van der Waals surface area contributed by atoms with Crippen molar-refractivity contribution in [3.8, 4) is 0 Å². The van der Waals surface area contributed by atoms with Crippen molar-refractivity contribution in [2.75, 3.05) is 0 Å². The Labute approximate surface area is 95.0 Å². The van der Waals surface area contributed by atoms with Gasteiger partial charge in [-0.1, -0.05) is 0 Å². The van der Waals surface area contributed by atoms with Gasteiger partial charge in [-0.15, -0.1) is 0 Å². The molecule has 82 valence electrons. The van der Waals surface area contributed by atoms with Crippen LogP contribution in [0.15, 0.2) is 31.0 Å². The molecule has 0 aliphatic heterocycles. The van der Waals surface area contributed by atoms with Gasteiger partial charge in [0.15, 0.2) is 0 Å². The molecule has 1 N–H and O–H groups in total. The number of rotatable bonds is 2. The van der Waals surface area contributed by atoms with Crippen molar-refractivity contribution in [2.24, 2.45) is 5.92 Å². The van der Waals surface area contributed by atoms with Gasteiger partial charge in [0.05, 0.1) is 6.33 Å². The number of aromatic nitrogens is 3. The maximum absolute atomic E-state index is 4.18. The second-order valence-electron chi connectivity index (χ2n) is 4.53. The van der Waals surface area contributed by atoms with Gasteiger partial charge in [-0.2, -0.15) is 0 Å². The van der Waals surface area contributed by atoms with Gasteiger partial charge >= 0.3 is 0 Å². The summed E-state index contributed by atoms with van der Waals surface area (Å²) in [5.74, 6) is 0.746. The van der Waals surface area contributed by atoms with Gasteiger partial charge < -0.3 is 4.98 Å². The first-order valence-electron chi connectivity index (χ1n) is 5.81. The standard InChI is InChI=1S/C13H15N3/c1-2-12-7-14-4-3-11(12)5-10(1)6-13-8-15-9-16-13/h3-4,7-10H,1-2,5-6H2,(H,15,16). The molecule has 0 saturated heterocycles. The predicted octanol–water partition coefficient (Wildman–Crippen LogP) is 2.15. The summed E-state index contributed by atoms with van der Waals surface area (Å²) in [6.45, 7) is 0. The van der Waals surface area contributed by atoms with Gasteiger partial charge in [0.1, 0.15) is 0 Å². The van der Waals surface area contributed by atoms with Crippen LogP contribution in [0.25, 0.3) is 0 Å². The fourth-order valence-corrected chi connectivity index (χ4v) is 2.53. The minimum Gasteiger partial charge on any atom is -0.348 e. The van der Waals surface area contributed by atoms with Crippen LogP contribution in [-0.2, 0) is 19.3 Å². The number of nitrogens with one attached hydrogen (secondary N) is 1. The summed E-state index contributed by atoms with van der Waals surface area (Å²) in [7, 11) is 0. The molecule has 3 nitrogen and oxygen atoms in total. The van der Waals surface area contributed by atoms with Crippen LogP contribution < -0.4 is 0 Å². The second-order valence-corrected chi connectivity index (χ2v) is 4.53. The third kappa shape index (κ3) is 1.85. The zero-order valence-corrected chi connectivity index (χ0v) is 9.19. The summed E-state index contributed by atoms with van der Waals surface area (Å²) < 4.78 is 0. The molecule has 2 heterocycles. The molecule has 1 unspecified atom stereocenters. The smallest absolute Gasteiger partial charge is 0.0921 e. The van der Waals surface area contributed by atoms with E-state index in [2.05, 4.69) is 21.0 Å². The van der Waals surface area contributed by atoms with Gasteiger partial charge in [-0.05, 0) is 48.8 Å². The van der Waals surface area contributed by atoms with E-state index in [1.807, 2.05) is 18.6 Å². The first-order chi connectivity index (χ1) is 7.92. The van der Waals surface area contributed by atoms with E-state index in [4.69, 9.17) is 0 Å². The van der Waals surface area contributed by atoms with Crippen LogP contribution in [0, 0.1) is 5.92 Å². The Morgan fingerprint density at radius 3 is 3.12 bits per heavy atom. The van der Waals surface area contributed by atoms with E-state index in [9.17, 15) is 0 Å². The van der Waals surface area contributed by atoms with Crippen LogP contribution in [0.3, 0.4) is 0 Å². The molecule has 0 amide bonds. The van der Waals surface area contributed by atoms with Gasteiger partial charge in [-0.3, -0.25) is 4.98 Å². The Morgan fingerprint density at radius 2 is 2.25 bits per heavy atom. The fraction of sp³-hybridized carbons (Fsp3) is 0.385. The first kappa shape index (κ1) is 9.58. The van der Waals surface area contributed by atoms with Gasteiger partial charge in [0, 0.05) is 24.3 Å². The number of pyridine rings is 1. The maximum atomic E-state index is 4.18. The van der Waals surface area contributed by atoms with E-state index in [1.165, 1.54) is 36.1 Å². The van der Waals surface area contributed by atoms with E-state index >= 15 is 0 Å².